The maximum absolute atomic E-state index is 5.20. The van der Waals surface area contributed by atoms with E-state index in [0.717, 1.165) is 50.6 Å². The molecule has 3 aromatic heterocycles. The largest absolute Gasteiger partial charge is 0.309 e. The third kappa shape index (κ3) is 5.53. The molecule has 0 bridgehead atoms. The van der Waals surface area contributed by atoms with E-state index in [1.807, 2.05) is 6.07 Å². The van der Waals surface area contributed by atoms with Crippen LogP contribution in [0.15, 0.2) is 218 Å². The molecule has 12 rings (SSSR count). The van der Waals surface area contributed by atoms with Crippen LogP contribution >= 0.6 is 0 Å². The Kier molecular flexibility index (Phi) is 7.82. The average molecular weight is 765 g/mol. The van der Waals surface area contributed by atoms with Crippen LogP contribution < -0.4 is 0 Å². The molecule has 0 fully saturated rings. The van der Waals surface area contributed by atoms with Crippen molar-refractivity contribution in [2.75, 3.05) is 0 Å². The first kappa shape index (κ1) is 34.0. The molecule has 4 nitrogen and oxygen atoms in total. The predicted molar refractivity (Wildman–Crippen MR) is 250 cm³/mol. The molecule has 0 atom stereocenters. The Morgan fingerprint density at radius 3 is 1.70 bits per heavy atom. The highest BCUT2D eigenvalue weighted by Gasteiger charge is 2.21. The van der Waals surface area contributed by atoms with Gasteiger partial charge in [-0.05, 0) is 82.6 Å². The molecule has 60 heavy (non-hydrogen) atoms. The second-order valence-corrected chi connectivity index (χ2v) is 15.4. The first-order chi connectivity index (χ1) is 29.7. The van der Waals surface area contributed by atoms with Crippen LogP contribution in [0.2, 0.25) is 0 Å². The molecular weight excluding hydrogens is 729 g/mol. The summed E-state index contributed by atoms with van der Waals surface area (Å²) in [7, 11) is 0. The molecule has 4 heteroatoms. The van der Waals surface area contributed by atoms with Gasteiger partial charge in [0.05, 0.1) is 33.5 Å². The molecular formula is C56H36N4. The van der Waals surface area contributed by atoms with E-state index >= 15 is 0 Å². The number of benzene rings is 9. The molecule has 0 aliphatic heterocycles. The van der Waals surface area contributed by atoms with Gasteiger partial charge in [0.2, 0.25) is 0 Å². The SMILES string of the molecule is c1ccc(-c2cc(-c3ccc4ccccc4c3)nc(-c3cccc(-c4ccc(-n5c6ccccc6c6ccc7c(c8ccccc8n7-c7ccccc7)c65)cc4)c3)n2)cc1. The van der Waals surface area contributed by atoms with Crippen LogP contribution in [-0.2, 0) is 0 Å². The summed E-state index contributed by atoms with van der Waals surface area (Å²) in [6.45, 7) is 0. The normalized spacial score (nSPS) is 11.7. The molecule has 0 saturated heterocycles. The molecule has 12 aromatic rings. The molecule has 0 amide bonds. The summed E-state index contributed by atoms with van der Waals surface area (Å²) in [5, 5.41) is 7.36. The fourth-order valence-electron chi connectivity index (χ4n) is 9.10. The maximum Gasteiger partial charge on any atom is 0.160 e. The third-order valence-corrected chi connectivity index (χ3v) is 11.9. The molecule has 0 aliphatic carbocycles. The number of para-hydroxylation sites is 3. The van der Waals surface area contributed by atoms with E-state index in [-0.39, 0.29) is 0 Å². The second-order valence-electron chi connectivity index (χ2n) is 15.4. The van der Waals surface area contributed by atoms with Gasteiger partial charge in [-0.3, -0.25) is 0 Å². The van der Waals surface area contributed by atoms with Crippen molar-refractivity contribution in [2.24, 2.45) is 0 Å². The van der Waals surface area contributed by atoms with Crippen molar-refractivity contribution in [3.8, 4) is 56.4 Å². The Hall–Kier alpha value is -8.08. The Morgan fingerprint density at radius 1 is 0.300 bits per heavy atom. The fourth-order valence-corrected chi connectivity index (χ4v) is 9.10. The zero-order valence-electron chi connectivity index (χ0n) is 32.6. The molecule has 3 heterocycles. The number of fused-ring (bicyclic) bond motifs is 8. The van der Waals surface area contributed by atoms with Crippen LogP contribution in [0.5, 0.6) is 0 Å². The highest BCUT2D eigenvalue weighted by atomic mass is 15.0. The number of aromatic nitrogens is 4. The Labute approximate surface area is 346 Å². The maximum atomic E-state index is 5.20. The lowest BCUT2D eigenvalue weighted by atomic mass is 10.0. The van der Waals surface area contributed by atoms with E-state index in [1.165, 1.54) is 54.4 Å². The van der Waals surface area contributed by atoms with Gasteiger partial charge in [0.15, 0.2) is 5.82 Å². The van der Waals surface area contributed by atoms with Gasteiger partial charge in [-0.25, -0.2) is 9.97 Å². The molecule has 9 aromatic carbocycles. The molecule has 0 radical (unpaired) electrons. The first-order valence-corrected chi connectivity index (χ1v) is 20.4. The summed E-state index contributed by atoms with van der Waals surface area (Å²) in [5.41, 5.74) is 14.2. The van der Waals surface area contributed by atoms with Gasteiger partial charge in [-0.1, -0.05) is 158 Å². The van der Waals surface area contributed by atoms with Crippen molar-refractivity contribution >= 4 is 54.4 Å². The Morgan fingerprint density at radius 2 is 0.900 bits per heavy atom. The van der Waals surface area contributed by atoms with E-state index in [2.05, 4.69) is 221 Å². The average Bonchev–Trinajstić information content (AvgIpc) is 3.85. The minimum absolute atomic E-state index is 0.696. The van der Waals surface area contributed by atoms with Crippen molar-refractivity contribution < 1.29 is 0 Å². The zero-order chi connectivity index (χ0) is 39.6. The lowest BCUT2D eigenvalue weighted by molar-refractivity contribution is 1.17. The van der Waals surface area contributed by atoms with E-state index in [1.54, 1.807) is 0 Å². The molecule has 0 saturated carbocycles. The summed E-state index contributed by atoms with van der Waals surface area (Å²) in [6, 6.07) is 77.9. The third-order valence-electron chi connectivity index (χ3n) is 11.9. The van der Waals surface area contributed by atoms with Crippen LogP contribution in [0, 0.1) is 0 Å². The van der Waals surface area contributed by atoms with Crippen molar-refractivity contribution in [3.05, 3.63) is 218 Å². The van der Waals surface area contributed by atoms with Crippen molar-refractivity contribution in [1.29, 1.82) is 0 Å². The minimum Gasteiger partial charge on any atom is -0.309 e. The molecule has 0 aliphatic rings. The van der Waals surface area contributed by atoms with Crippen molar-refractivity contribution in [1.82, 2.24) is 19.1 Å². The van der Waals surface area contributed by atoms with Gasteiger partial charge < -0.3 is 9.13 Å². The van der Waals surface area contributed by atoms with Crippen LogP contribution in [0.3, 0.4) is 0 Å². The van der Waals surface area contributed by atoms with E-state index in [9.17, 15) is 0 Å². The Balaban J connectivity index is 0.987. The van der Waals surface area contributed by atoms with Gasteiger partial charge in [-0.2, -0.15) is 0 Å². The van der Waals surface area contributed by atoms with Gasteiger partial charge in [0.25, 0.3) is 0 Å². The van der Waals surface area contributed by atoms with E-state index in [0.29, 0.717) is 5.82 Å². The highest BCUT2D eigenvalue weighted by Crippen LogP contribution is 2.42. The van der Waals surface area contributed by atoms with Gasteiger partial charge in [-0.15, -0.1) is 0 Å². The van der Waals surface area contributed by atoms with Crippen molar-refractivity contribution in [2.45, 2.75) is 0 Å². The van der Waals surface area contributed by atoms with Crippen LogP contribution in [0.4, 0.5) is 0 Å². The summed E-state index contributed by atoms with van der Waals surface area (Å²) >= 11 is 0. The standard InChI is InChI=1S/C56H36N4/c1-3-15-39(16-4-1)49-36-50(42-27-26-37-14-7-8-17-40(37)34-42)58-56(57-49)43-19-13-18-41(35-43)38-28-30-45(31-29-38)60-51-24-11-9-22-46(51)47-32-33-53-54(55(47)60)48-23-10-12-25-52(48)59(53)44-20-5-2-6-21-44/h1-36H. The summed E-state index contributed by atoms with van der Waals surface area (Å²) in [4.78, 5) is 10.4. The summed E-state index contributed by atoms with van der Waals surface area (Å²) in [5.74, 6) is 0.696. The number of hydrogen-bond acceptors (Lipinski definition) is 2. The number of rotatable bonds is 6. The number of hydrogen-bond donors (Lipinski definition) is 0. The highest BCUT2D eigenvalue weighted by molar-refractivity contribution is 6.26. The quantitative estimate of drug-likeness (QED) is 0.169. The summed E-state index contributed by atoms with van der Waals surface area (Å²) < 4.78 is 4.85. The monoisotopic (exact) mass is 764 g/mol. The van der Waals surface area contributed by atoms with Gasteiger partial charge in [0.1, 0.15) is 0 Å². The lowest BCUT2D eigenvalue weighted by Crippen LogP contribution is -1.96. The lowest BCUT2D eigenvalue weighted by Gasteiger charge is -2.12. The molecule has 0 unspecified atom stereocenters. The van der Waals surface area contributed by atoms with Crippen molar-refractivity contribution in [3.63, 3.8) is 0 Å². The zero-order valence-corrected chi connectivity index (χ0v) is 32.6. The predicted octanol–water partition coefficient (Wildman–Crippen LogP) is 14.5. The van der Waals surface area contributed by atoms with E-state index < -0.39 is 0 Å². The van der Waals surface area contributed by atoms with Gasteiger partial charge >= 0.3 is 0 Å². The van der Waals surface area contributed by atoms with Gasteiger partial charge in [0, 0.05) is 49.6 Å². The first-order valence-electron chi connectivity index (χ1n) is 20.4. The molecule has 0 N–H and O–H groups in total. The molecule has 0 spiro atoms. The number of nitrogens with zero attached hydrogens (tertiary/aromatic N) is 4. The summed E-state index contributed by atoms with van der Waals surface area (Å²) in [6.07, 6.45) is 0. The minimum atomic E-state index is 0.696. The smallest absolute Gasteiger partial charge is 0.160 e. The Bertz CT molecular complexity index is 3580. The van der Waals surface area contributed by atoms with Crippen LogP contribution in [0.25, 0.3) is 111 Å². The van der Waals surface area contributed by atoms with Crippen LogP contribution in [0.1, 0.15) is 0 Å². The van der Waals surface area contributed by atoms with Crippen LogP contribution in [-0.4, -0.2) is 19.1 Å². The fraction of sp³-hybridized carbons (Fsp3) is 0. The molecule has 280 valence electrons. The second kappa shape index (κ2) is 13.8. The topological polar surface area (TPSA) is 35.6 Å². The van der Waals surface area contributed by atoms with E-state index in [4.69, 9.17) is 9.97 Å².